The Morgan fingerprint density at radius 1 is 1.37 bits per heavy atom. The van der Waals surface area contributed by atoms with E-state index in [4.69, 9.17) is 5.11 Å². The molecule has 1 unspecified atom stereocenters. The van der Waals surface area contributed by atoms with Crippen LogP contribution in [0.25, 0.3) is 0 Å². The van der Waals surface area contributed by atoms with Gasteiger partial charge >= 0.3 is 0 Å². The second kappa shape index (κ2) is 6.83. The molecule has 2 N–H and O–H groups in total. The molecule has 0 saturated heterocycles. The van der Waals surface area contributed by atoms with Gasteiger partial charge in [-0.15, -0.1) is 11.3 Å². The first-order valence-corrected chi connectivity index (χ1v) is 8.88. The van der Waals surface area contributed by atoms with Crippen molar-refractivity contribution in [2.45, 2.75) is 57.4 Å². The molecule has 0 radical (unpaired) electrons. The summed E-state index contributed by atoms with van der Waals surface area (Å²) in [6.45, 7) is 7.73. The molecule has 1 rings (SSSR count). The Labute approximate surface area is 119 Å². The molecule has 1 heterocycles. The quantitative estimate of drug-likeness (QED) is 0.814. The Morgan fingerprint density at radius 3 is 2.37 bits per heavy atom. The fourth-order valence-electron chi connectivity index (χ4n) is 2.17. The summed E-state index contributed by atoms with van der Waals surface area (Å²) in [5, 5.41) is 9.14. The number of nitrogens with one attached hydrogen (secondary N) is 1. The number of hydrogen-bond donors (Lipinski definition) is 2. The first kappa shape index (κ1) is 16.6. The van der Waals surface area contributed by atoms with Crippen LogP contribution in [0, 0.1) is 12.8 Å². The molecule has 0 aliphatic rings. The molecule has 110 valence electrons. The lowest BCUT2D eigenvalue weighted by Crippen LogP contribution is -2.37. The molecule has 0 aliphatic heterocycles. The first-order valence-electron chi connectivity index (χ1n) is 6.58. The van der Waals surface area contributed by atoms with Gasteiger partial charge in [0.2, 0.25) is 10.0 Å². The predicted molar refractivity (Wildman–Crippen MR) is 78.8 cm³/mol. The third-order valence-electron chi connectivity index (χ3n) is 3.50. The van der Waals surface area contributed by atoms with Crippen molar-refractivity contribution < 1.29 is 13.5 Å². The summed E-state index contributed by atoms with van der Waals surface area (Å²) in [6.07, 6.45) is 1.90. The minimum Gasteiger partial charge on any atom is -0.391 e. The van der Waals surface area contributed by atoms with Crippen LogP contribution in [0.5, 0.6) is 0 Å². The summed E-state index contributed by atoms with van der Waals surface area (Å²) in [6, 6.07) is 1.54. The minimum atomic E-state index is -3.48. The van der Waals surface area contributed by atoms with Crippen LogP contribution in [0.2, 0.25) is 0 Å². The highest BCUT2D eigenvalue weighted by Gasteiger charge is 2.24. The predicted octanol–water partition coefficient (Wildman–Crippen LogP) is 2.65. The van der Waals surface area contributed by atoms with Crippen LogP contribution >= 0.6 is 11.3 Å². The molecule has 0 spiro atoms. The first-order chi connectivity index (χ1) is 8.85. The number of thiophene rings is 1. The maximum atomic E-state index is 12.3. The molecule has 1 aromatic rings. The highest BCUT2D eigenvalue weighted by Crippen LogP contribution is 2.26. The van der Waals surface area contributed by atoms with Crippen LogP contribution in [0.3, 0.4) is 0 Å². The van der Waals surface area contributed by atoms with Crippen LogP contribution in [0.1, 0.15) is 44.1 Å². The van der Waals surface area contributed by atoms with Crippen molar-refractivity contribution in [1.82, 2.24) is 4.72 Å². The van der Waals surface area contributed by atoms with E-state index in [-0.39, 0.29) is 16.9 Å². The van der Waals surface area contributed by atoms with E-state index in [9.17, 15) is 8.42 Å². The van der Waals surface area contributed by atoms with Gasteiger partial charge in [-0.25, -0.2) is 13.1 Å². The summed E-state index contributed by atoms with van der Waals surface area (Å²) in [7, 11) is -3.48. The van der Waals surface area contributed by atoms with Crippen LogP contribution in [-0.4, -0.2) is 19.6 Å². The molecule has 0 aromatic carbocycles. The fourth-order valence-corrected chi connectivity index (χ4v) is 4.95. The highest BCUT2D eigenvalue weighted by molar-refractivity contribution is 7.91. The van der Waals surface area contributed by atoms with E-state index in [2.05, 4.69) is 18.6 Å². The van der Waals surface area contributed by atoms with E-state index in [1.807, 2.05) is 13.8 Å². The minimum absolute atomic E-state index is 0.0833. The number of rotatable bonds is 7. The van der Waals surface area contributed by atoms with Gasteiger partial charge < -0.3 is 5.11 Å². The lowest BCUT2D eigenvalue weighted by atomic mass is 9.96. The van der Waals surface area contributed by atoms with E-state index in [1.165, 1.54) is 0 Å². The second-order valence-corrected chi connectivity index (χ2v) is 7.89. The van der Waals surface area contributed by atoms with Crippen LogP contribution < -0.4 is 4.72 Å². The van der Waals surface area contributed by atoms with Gasteiger partial charge in [-0.05, 0) is 31.4 Å². The Morgan fingerprint density at radius 2 is 1.95 bits per heavy atom. The zero-order chi connectivity index (χ0) is 14.6. The van der Waals surface area contributed by atoms with Gasteiger partial charge in [-0.1, -0.05) is 26.7 Å². The topological polar surface area (TPSA) is 66.4 Å². The molecule has 0 aliphatic carbocycles. The highest BCUT2D eigenvalue weighted by atomic mass is 32.2. The lowest BCUT2D eigenvalue weighted by Gasteiger charge is -2.21. The smallest absolute Gasteiger partial charge is 0.250 e. The zero-order valence-electron chi connectivity index (χ0n) is 11.9. The molecule has 0 saturated carbocycles. The molecule has 0 fully saturated rings. The molecule has 19 heavy (non-hydrogen) atoms. The SMILES string of the molecule is CCC(CC)C(C)NS(=O)(=O)c1cc(C)c(CO)s1. The van der Waals surface area contributed by atoms with Crippen molar-refractivity contribution in [2.24, 2.45) is 5.92 Å². The van der Waals surface area contributed by atoms with Crippen LogP contribution in [0.15, 0.2) is 10.3 Å². The van der Waals surface area contributed by atoms with Crippen molar-refractivity contribution >= 4 is 21.4 Å². The summed E-state index contributed by atoms with van der Waals surface area (Å²) >= 11 is 1.13. The molecular formula is C13H23NO3S2. The van der Waals surface area contributed by atoms with E-state index in [1.54, 1.807) is 6.07 Å². The number of hydrogen-bond acceptors (Lipinski definition) is 4. The van der Waals surface area contributed by atoms with E-state index in [0.717, 1.165) is 29.7 Å². The number of aryl methyl sites for hydroxylation is 1. The van der Waals surface area contributed by atoms with E-state index < -0.39 is 10.0 Å². The van der Waals surface area contributed by atoms with Crippen LogP contribution in [-0.2, 0) is 16.6 Å². The molecule has 6 heteroatoms. The number of aliphatic hydroxyl groups is 1. The second-order valence-electron chi connectivity index (χ2n) is 4.82. The van der Waals surface area contributed by atoms with Gasteiger partial charge in [-0.2, -0.15) is 0 Å². The molecule has 1 atom stereocenters. The molecule has 0 bridgehead atoms. The van der Waals surface area contributed by atoms with Gasteiger partial charge in [0, 0.05) is 10.9 Å². The lowest BCUT2D eigenvalue weighted by molar-refractivity contribution is 0.285. The third kappa shape index (κ3) is 4.02. The van der Waals surface area contributed by atoms with Gasteiger partial charge in [0.15, 0.2) is 0 Å². The summed E-state index contributed by atoms with van der Waals surface area (Å²) in [5.74, 6) is 0.341. The average Bonchev–Trinajstić information content (AvgIpc) is 2.72. The normalized spacial score (nSPS) is 14.0. The summed E-state index contributed by atoms with van der Waals surface area (Å²) in [4.78, 5) is 0.704. The Hall–Kier alpha value is -0.430. The van der Waals surface area contributed by atoms with Crippen molar-refractivity contribution in [1.29, 1.82) is 0 Å². The Bertz CT molecular complexity index is 504. The van der Waals surface area contributed by atoms with E-state index in [0.29, 0.717) is 10.8 Å². The number of sulfonamides is 1. The van der Waals surface area contributed by atoms with Crippen molar-refractivity contribution in [2.75, 3.05) is 0 Å². The van der Waals surface area contributed by atoms with Crippen molar-refractivity contribution in [3.63, 3.8) is 0 Å². The van der Waals surface area contributed by atoms with Gasteiger partial charge in [0.1, 0.15) is 4.21 Å². The standard InChI is InChI=1S/C13H23NO3S2/c1-5-11(6-2)10(4)14-19(16,17)13-7-9(3)12(8-15)18-13/h7,10-11,14-15H,5-6,8H2,1-4H3. The van der Waals surface area contributed by atoms with Gasteiger partial charge in [0.25, 0.3) is 0 Å². The Balaban J connectivity index is 2.91. The maximum absolute atomic E-state index is 12.3. The van der Waals surface area contributed by atoms with E-state index >= 15 is 0 Å². The average molecular weight is 305 g/mol. The zero-order valence-corrected chi connectivity index (χ0v) is 13.6. The summed E-state index contributed by atoms with van der Waals surface area (Å²) in [5.41, 5.74) is 0.822. The molecule has 1 aromatic heterocycles. The molecule has 4 nitrogen and oxygen atoms in total. The molecule has 0 amide bonds. The monoisotopic (exact) mass is 305 g/mol. The van der Waals surface area contributed by atoms with Crippen molar-refractivity contribution in [3.8, 4) is 0 Å². The largest absolute Gasteiger partial charge is 0.391 e. The van der Waals surface area contributed by atoms with Gasteiger partial charge in [0.05, 0.1) is 6.61 Å². The van der Waals surface area contributed by atoms with Crippen molar-refractivity contribution in [3.05, 3.63) is 16.5 Å². The third-order valence-corrected chi connectivity index (χ3v) is 6.76. The van der Waals surface area contributed by atoms with Crippen LogP contribution in [0.4, 0.5) is 0 Å². The Kier molecular flexibility index (Phi) is 5.98. The summed E-state index contributed by atoms with van der Waals surface area (Å²) < 4.78 is 27.6. The maximum Gasteiger partial charge on any atom is 0.250 e. The fraction of sp³-hybridized carbons (Fsp3) is 0.692. The number of aliphatic hydroxyl groups excluding tert-OH is 1. The molecular weight excluding hydrogens is 282 g/mol. The van der Waals surface area contributed by atoms with Gasteiger partial charge in [-0.3, -0.25) is 0 Å².